The predicted molar refractivity (Wildman–Crippen MR) is 178 cm³/mol. The molecule has 0 fully saturated rings. The largest absolute Gasteiger partial charge is 0.460 e. The van der Waals surface area contributed by atoms with Crippen LogP contribution in [0, 0.1) is 0 Å². The zero-order chi connectivity index (χ0) is 37.2. The van der Waals surface area contributed by atoms with Crippen LogP contribution in [0.15, 0.2) is 0 Å². The number of amides is 2. The second kappa shape index (κ2) is 20.5. The fourth-order valence-electron chi connectivity index (χ4n) is 3.79. The first kappa shape index (κ1) is 45.0. The summed E-state index contributed by atoms with van der Waals surface area (Å²) in [6.45, 7) is 20.9. The average Bonchev–Trinajstić information content (AvgIpc) is 2.85. The van der Waals surface area contributed by atoms with Gasteiger partial charge in [0.25, 0.3) is 0 Å². The van der Waals surface area contributed by atoms with E-state index in [0.29, 0.717) is 6.42 Å². The van der Waals surface area contributed by atoms with Crippen LogP contribution in [-0.4, -0.2) is 104 Å². The minimum atomic E-state index is -1.27. The maximum absolute atomic E-state index is 13.2. The van der Waals surface area contributed by atoms with Crippen molar-refractivity contribution in [3.8, 4) is 0 Å². The van der Waals surface area contributed by atoms with Crippen LogP contribution >= 0.6 is 0 Å². The first-order valence-corrected chi connectivity index (χ1v) is 16.5. The van der Waals surface area contributed by atoms with Crippen molar-refractivity contribution >= 4 is 29.9 Å². The minimum Gasteiger partial charge on any atom is -0.460 e. The van der Waals surface area contributed by atoms with Gasteiger partial charge in [-0.15, -0.1) is 0 Å². The van der Waals surface area contributed by atoms with Gasteiger partial charge in [-0.2, -0.15) is 0 Å². The molecule has 14 heteroatoms. The molecule has 0 atom stereocenters. The Bertz CT molecular complexity index is 929. The summed E-state index contributed by atoms with van der Waals surface area (Å²) in [5.41, 5.74) is -3.89. The molecule has 0 aliphatic rings. The Labute approximate surface area is 286 Å². The Morgan fingerprint density at radius 2 is 0.812 bits per heavy atom. The number of rotatable bonds is 20. The maximum atomic E-state index is 13.2. The van der Waals surface area contributed by atoms with Gasteiger partial charge < -0.3 is 43.8 Å². The topological polar surface area (TPSA) is 174 Å². The number of nitrogens with one attached hydrogen (secondary N) is 2. The molecule has 0 heterocycles. The average molecular weight is 691 g/mol. The second-order valence-electron chi connectivity index (χ2n) is 15.5. The van der Waals surface area contributed by atoms with E-state index in [1.54, 1.807) is 83.1 Å². The number of alkyl carbamates (subject to hydrolysis) is 1. The quantitative estimate of drug-likeness (QED) is 0.105. The summed E-state index contributed by atoms with van der Waals surface area (Å²) in [6.07, 6.45) is -0.345. The Morgan fingerprint density at radius 1 is 0.479 bits per heavy atom. The van der Waals surface area contributed by atoms with Gasteiger partial charge in [-0.3, -0.25) is 19.2 Å². The van der Waals surface area contributed by atoms with Gasteiger partial charge in [0.15, 0.2) is 0 Å². The third-order valence-corrected chi connectivity index (χ3v) is 5.40. The molecular formula is C34H62N2O12. The summed E-state index contributed by atoms with van der Waals surface area (Å²) < 4.78 is 38.8. The van der Waals surface area contributed by atoms with Crippen molar-refractivity contribution in [1.82, 2.24) is 10.6 Å². The van der Waals surface area contributed by atoms with Crippen LogP contribution < -0.4 is 10.6 Å². The van der Waals surface area contributed by atoms with Crippen LogP contribution in [0.5, 0.6) is 0 Å². The third-order valence-electron chi connectivity index (χ3n) is 5.40. The van der Waals surface area contributed by atoms with Gasteiger partial charge in [-0.05, 0) is 89.5 Å². The van der Waals surface area contributed by atoms with Crippen LogP contribution in [0.4, 0.5) is 4.79 Å². The lowest BCUT2D eigenvalue weighted by molar-refractivity contribution is -0.157. The Morgan fingerprint density at radius 3 is 1.12 bits per heavy atom. The van der Waals surface area contributed by atoms with Gasteiger partial charge in [0, 0.05) is 13.0 Å². The fraction of sp³-hybridized carbons (Fsp3) is 0.853. The van der Waals surface area contributed by atoms with Crippen molar-refractivity contribution < 1.29 is 57.1 Å². The van der Waals surface area contributed by atoms with Crippen LogP contribution in [0.1, 0.15) is 115 Å². The van der Waals surface area contributed by atoms with Gasteiger partial charge in [-0.25, -0.2) is 4.79 Å². The lowest BCUT2D eigenvalue weighted by Crippen LogP contribution is -2.58. The van der Waals surface area contributed by atoms with E-state index in [0.717, 1.165) is 0 Å². The molecule has 2 N–H and O–H groups in total. The zero-order valence-corrected chi connectivity index (χ0v) is 31.4. The van der Waals surface area contributed by atoms with E-state index in [2.05, 4.69) is 10.6 Å². The molecule has 280 valence electrons. The molecule has 0 aromatic heterocycles. The van der Waals surface area contributed by atoms with Crippen molar-refractivity contribution in [2.75, 3.05) is 46.2 Å². The molecule has 14 nitrogen and oxygen atoms in total. The van der Waals surface area contributed by atoms with Gasteiger partial charge in [0.1, 0.15) is 27.9 Å². The second-order valence-corrected chi connectivity index (χ2v) is 15.5. The number of esters is 3. The standard InChI is InChI=1S/C34H62N2O12/c1-30(2,3)45-26(38)15-19-42-22-34(23-43-20-16-27(39)46-31(4,5)6,24-44-21-17-28(40)47-32(7,8)9)36-25(37)14-13-18-35-29(41)48-33(10,11)12/h13-24H2,1-12H3,(H,35,41)(H,36,37). The highest BCUT2D eigenvalue weighted by atomic mass is 16.6. The summed E-state index contributed by atoms with van der Waals surface area (Å²) in [4.78, 5) is 61.8. The summed E-state index contributed by atoms with van der Waals surface area (Å²) in [6, 6.07) is 0. The van der Waals surface area contributed by atoms with E-state index in [4.69, 9.17) is 33.2 Å². The molecule has 0 radical (unpaired) electrons. The van der Waals surface area contributed by atoms with E-state index in [1.165, 1.54) is 0 Å². The normalized spacial score (nSPS) is 12.6. The van der Waals surface area contributed by atoms with E-state index in [1.807, 2.05) is 0 Å². The lowest BCUT2D eigenvalue weighted by Gasteiger charge is -2.34. The number of hydrogen-bond acceptors (Lipinski definition) is 12. The van der Waals surface area contributed by atoms with Crippen molar-refractivity contribution in [3.05, 3.63) is 0 Å². The fourth-order valence-corrected chi connectivity index (χ4v) is 3.79. The van der Waals surface area contributed by atoms with E-state index >= 15 is 0 Å². The molecule has 0 rings (SSSR count). The predicted octanol–water partition coefficient (Wildman–Crippen LogP) is 4.39. The highest BCUT2D eigenvalue weighted by molar-refractivity contribution is 5.77. The van der Waals surface area contributed by atoms with Gasteiger partial charge in [-0.1, -0.05) is 0 Å². The van der Waals surface area contributed by atoms with Gasteiger partial charge in [0.05, 0.1) is 58.9 Å². The van der Waals surface area contributed by atoms with Crippen molar-refractivity contribution in [1.29, 1.82) is 0 Å². The van der Waals surface area contributed by atoms with Crippen molar-refractivity contribution in [3.63, 3.8) is 0 Å². The Hall–Kier alpha value is -2.97. The number of carbonyl (C=O) groups is 5. The minimum absolute atomic E-state index is 0.0117. The smallest absolute Gasteiger partial charge is 0.407 e. The van der Waals surface area contributed by atoms with E-state index in [-0.39, 0.29) is 77.8 Å². The molecule has 0 unspecified atom stereocenters. The third kappa shape index (κ3) is 27.0. The molecule has 0 saturated carbocycles. The van der Waals surface area contributed by atoms with Crippen molar-refractivity contribution in [2.45, 2.75) is 143 Å². The van der Waals surface area contributed by atoms with Crippen LogP contribution in [0.3, 0.4) is 0 Å². The van der Waals surface area contributed by atoms with E-state index < -0.39 is 51.9 Å². The molecule has 0 aliphatic carbocycles. The number of ether oxygens (including phenoxy) is 7. The monoisotopic (exact) mass is 690 g/mol. The Balaban J connectivity index is 5.67. The SMILES string of the molecule is CC(C)(C)OC(=O)CCOCC(COCCC(=O)OC(C)(C)C)(COCCC(=O)OC(C)(C)C)NC(=O)CCCNC(=O)OC(C)(C)C. The van der Waals surface area contributed by atoms with Gasteiger partial charge >= 0.3 is 24.0 Å². The molecule has 0 saturated heterocycles. The molecule has 0 spiro atoms. The lowest BCUT2D eigenvalue weighted by atomic mass is 10.0. The molecule has 0 aromatic rings. The first-order chi connectivity index (χ1) is 21.8. The maximum Gasteiger partial charge on any atom is 0.407 e. The highest BCUT2D eigenvalue weighted by Crippen LogP contribution is 2.15. The molecule has 2 amide bonds. The molecule has 0 bridgehead atoms. The van der Waals surface area contributed by atoms with Crippen LogP contribution in [0.2, 0.25) is 0 Å². The summed E-state index contributed by atoms with van der Waals surface area (Å²) in [5, 5.41) is 5.55. The zero-order valence-electron chi connectivity index (χ0n) is 31.4. The number of hydrogen-bond donors (Lipinski definition) is 2. The molecule has 0 aromatic carbocycles. The highest BCUT2D eigenvalue weighted by Gasteiger charge is 2.34. The molecule has 0 aliphatic heterocycles. The molecular weight excluding hydrogens is 628 g/mol. The van der Waals surface area contributed by atoms with Crippen molar-refractivity contribution in [2.24, 2.45) is 0 Å². The summed E-state index contributed by atoms with van der Waals surface area (Å²) in [7, 11) is 0. The first-order valence-electron chi connectivity index (χ1n) is 16.5. The Kier molecular flexibility index (Phi) is 19.3. The van der Waals surface area contributed by atoms with Gasteiger partial charge in [0.2, 0.25) is 5.91 Å². The molecule has 48 heavy (non-hydrogen) atoms. The van der Waals surface area contributed by atoms with E-state index in [9.17, 15) is 24.0 Å². The summed E-state index contributed by atoms with van der Waals surface area (Å²) in [5.74, 6) is -1.73. The van der Waals surface area contributed by atoms with Crippen LogP contribution in [0.25, 0.3) is 0 Å². The van der Waals surface area contributed by atoms with Crippen LogP contribution in [-0.2, 0) is 52.3 Å². The number of carbonyl (C=O) groups excluding carboxylic acids is 5. The summed E-state index contributed by atoms with van der Waals surface area (Å²) >= 11 is 0.